The summed E-state index contributed by atoms with van der Waals surface area (Å²) >= 11 is 0. The van der Waals surface area contributed by atoms with Gasteiger partial charge in [-0.3, -0.25) is 5.10 Å². The molecule has 12 heavy (non-hydrogen) atoms. The maximum atomic E-state index is 4.27. The summed E-state index contributed by atoms with van der Waals surface area (Å²) in [7, 11) is 0. The largest absolute Gasteiger partial charge is 0.316 e. The fourth-order valence-corrected chi connectivity index (χ4v) is 1.75. The van der Waals surface area contributed by atoms with E-state index in [0.29, 0.717) is 5.92 Å². The molecule has 1 aromatic rings. The maximum absolute atomic E-state index is 4.27. The normalized spacial score (nSPS) is 24.2. The highest BCUT2D eigenvalue weighted by Gasteiger charge is 2.16. The van der Waals surface area contributed by atoms with Crippen molar-refractivity contribution >= 4 is 0 Å². The van der Waals surface area contributed by atoms with Crippen molar-refractivity contribution in [2.75, 3.05) is 13.1 Å². The van der Waals surface area contributed by atoms with E-state index in [0.717, 1.165) is 12.2 Å². The molecular formula is C9H15N3. The van der Waals surface area contributed by atoms with Gasteiger partial charge < -0.3 is 5.32 Å². The molecule has 0 amide bonds. The number of piperidine rings is 1. The predicted octanol–water partition coefficient (Wildman–Crippen LogP) is 1.19. The van der Waals surface area contributed by atoms with Gasteiger partial charge in [0.2, 0.25) is 0 Å². The SMILES string of the molecule is Cc1cc(C2CCCNC2)n[nH]1. The summed E-state index contributed by atoms with van der Waals surface area (Å²) in [4.78, 5) is 0. The Balaban J connectivity index is 2.08. The zero-order valence-corrected chi connectivity index (χ0v) is 7.43. The van der Waals surface area contributed by atoms with Crippen LogP contribution in [0.1, 0.15) is 30.1 Å². The molecule has 3 nitrogen and oxygen atoms in total. The first-order valence-corrected chi connectivity index (χ1v) is 4.59. The van der Waals surface area contributed by atoms with Gasteiger partial charge in [-0.15, -0.1) is 0 Å². The van der Waals surface area contributed by atoms with Crippen LogP contribution in [-0.4, -0.2) is 23.3 Å². The number of aromatic nitrogens is 2. The summed E-state index contributed by atoms with van der Waals surface area (Å²) in [5.74, 6) is 0.628. The number of hydrogen-bond donors (Lipinski definition) is 2. The summed E-state index contributed by atoms with van der Waals surface area (Å²) in [6, 6.07) is 2.15. The highest BCUT2D eigenvalue weighted by atomic mass is 15.1. The quantitative estimate of drug-likeness (QED) is 0.656. The van der Waals surface area contributed by atoms with Crippen molar-refractivity contribution in [2.45, 2.75) is 25.7 Å². The number of nitrogens with one attached hydrogen (secondary N) is 2. The molecule has 0 saturated carbocycles. The van der Waals surface area contributed by atoms with Gasteiger partial charge in [0, 0.05) is 18.2 Å². The van der Waals surface area contributed by atoms with Gasteiger partial charge in [-0.2, -0.15) is 5.10 Å². The van der Waals surface area contributed by atoms with Gasteiger partial charge in [0.25, 0.3) is 0 Å². The minimum Gasteiger partial charge on any atom is -0.316 e. The van der Waals surface area contributed by atoms with Gasteiger partial charge in [-0.05, 0) is 32.4 Å². The molecule has 0 radical (unpaired) electrons. The maximum Gasteiger partial charge on any atom is 0.0668 e. The molecule has 3 heteroatoms. The lowest BCUT2D eigenvalue weighted by molar-refractivity contribution is 0.454. The van der Waals surface area contributed by atoms with Crippen LogP contribution in [0.2, 0.25) is 0 Å². The van der Waals surface area contributed by atoms with E-state index in [4.69, 9.17) is 0 Å². The molecule has 1 saturated heterocycles. The van der Waals surface area contributed by atoms with E-state index < -0.39 is 0 Å². The molecule has 1 unspecified atom stereocenters. The first kappa shape index (κ1) is 7.80. The van der Waals surface area contributed by atoms with Gasteiger partial charge >= 0.3 is 0 Å². The van der Waals surface area contributed by atoms with Crippen molar-refractivity contribution in [2.24, 2.45) is 0 Å². The van der Waals surface area contributed by atoms with Gasteiger partial charge in [0.05, 0.1) is 5.69 Å². The summed E-state index contributed by atoms with van der Waals surface area (Å²) < 4.78 is 0. The van der Waals surface area contributed by atoms with Crippen LogP contribution < -0.4 is 5.32 Å². The van der Waals surface area contributed by atoms with Gasteiger partial charge in [0.1, 0.15) is 0 Å². The number of H-pyrrole nitrogens is 1. The van der Waals surface area contributed by atoms with Crippen molar-refractivity contribution in [3.05, 3.63) is 17.5 Å². The molecule has 1 aromatic heterocycles. The van der Waals surface area contributed by atoms with Crippen LogP contribution in [0.25, 0.3) is 0 Å². The van der Waals surface area contributed by atoms with E-state index in [1.807, 2.05) is 6.92 Å². The molecule has 2 rings (SSSR count). The Morgan fingerprint density at radius 3 is 3.08 bits per heavy atom. The average molecular weight is 165 g/mol. The Kier molecular flexibility index (Phi) is 2.13. The number of aromatic amines is 1. The molecule has 1 aliphatic heterocycles. The molecule has 0 aliphatic carbocycles. The van der Waals surface area contributed by atoms with Gasteiger partial charge in [0.15, 0.2) is 0 Å². The van der Waals surface area contributed by atoms with Crippen LogP contribution in [0.15, 0.2) is 6.07 Å². The van der Waals surface area contributed by atoms with Crippen LogP contribution in [0.3, 0.4) is 0 Å². The van der Waals surface area contributed by atoms with Crippen molar-refractivity contribution < 1.29 is 0 Å². The molecule has 0 aromatic carbocycles. The summed E-state index contributed by atoms with van der Waals surface area (Å²) in [5, 5.41) is 10.7. The Labute approximate surface area is 72.6 Å². The molecular weight excluding hydrogens is 150 g/mol. The zero-order chi connectivity index (χ0) is 8.39. The molecule has 66 valence electrons. The number of hydrogen-bond acceptors (Lipinski definition) is 2. The first-order chi connectivity index (χ1) is 5.86. The lowest BCUT2D eigenvalue weighted by atomic mass is 9.96. The van der Waals surface area contributed by atoms with Crippen LogP contribution in [-0.2, 0) is 0 Å². The summed E-state index contributed by atoms with van der Waals surface area (Å²) in [6.07, 6.45) is 2.55. The van der Waals surface area contributed by atoms with Crippen molar-refractivity contribution in [1.29, 1.82) is 0 Å². The standard InChI is InChI=1S/C9H15N3/c1-7-5-9(12-11-7)8-3-2-4-10-6-8/h5,8,10H,2-4,6H2,1H3,(H,11,12). The topological polar surface area (TPSA) is 40.7 Å². The monoisotopic (exact) mass is 165 g/mol. The third-order valence-electron chi connectivity index (χ3n) is 2.44. The molecule has 1 aliphatic rings. The Hall–Kier alpha value is -0.830. The lowest BCUT2D eigenvalue weighted by Gasteiger charge is -2.20. The summed E-state index contributed by atoms with van der Waals surface area (Å²) in [5.41, 5.74) is 2.38. The van der Waals surface area contributed by atoms with E-state index in [1.165, 1.54) is 25.1 Å². The molecule has 2 heterocycles. The predicted molar refractivity (Wildman–Crippen MR) is 48.2 cm³/mol. The Morgan fingerprint density at radius 2 is 2.50 bits per heavy atom. The summed E-state index contributed by atoms with van der Waals surface area (Å²) in [6.45, 7) is 4.30. The third kappa shape index (κ3) is 1.50. The number of rotatable bonds is 1. The minimum atomic E-state index is 0.628. The van der Waals surface area contributed by atoms with Crippen molar-refractivity contribution in [1.82, 2.24) is 15.5 Å². The highest BCUT2D eigenvalue weighted by Crippen LogP contribution is 2.21. The van der Waals surface area contributed by atoms with E-state index in [-0.39, 0.29) is 0 Å². The van der Waals surface area contributed by atoms with Crippen LogP contribution in [0, 0.1) is 6.92 Å². The molecule has 1 atom stereocenters. The zero-order valence-electron chi connectivity index (χ0n) is 7.43. The second-order valence-electron chi connectivity index (χ2n) is 3.52. The molecule has 1 fully saturated rings. The molecule has 0 bridgehead atoms. The molecule has 2 N–H and O–H groups in total. The van der Waals surface area contributed by atoms with Crippen LogP contribution in [0.5, 0.6) is 0 Å². The smallest absolute Gasteiger partial charge is 0.0668 e. The number of aryl methyl sites for hydroxylation is 1. The second kappa shape index (κ2) is 3.27. The second-order valence-corrected chi connectivity index (χ2v) is 3.52. The highest BCUT2D eigenvalue weighted by molar-refractivity contribution is 5.12. The minimum absolute atomic E-state index is 0.628. The van der Waals surface area contributed by atoms with Gasteiger partial charge in [-0.25, -0.2) is 0 Å². The third-order valence-corrected chi connectivity index (χ3v) is 2.44. The van der Waals surface area contributed by atoms with Crippen molar-refractivity contribution in [3.8, 4) is 0 Å². The van der Waals surface area contributed by atoms with Gasteiger partial charge in [-0.1, -0.05) is 0 Å². The van der Waals surface area contributed by atoms with E-state index in [9.17, 15) is 0 Å². The van der Waals surface area contributed by atoms with E-state index in [1.54, 1.807) is 0 Å². The fraction of sp³-hybridized carbons (Fsp3) is 0.667. The first-order valence-electron chi connectivity index (χ1n) is 4.59. The van der Waals surface area contributed by atoms with Crippen LogP contribution >= 0.6 is 0 Å². The Morgan fingerprint density at radius 1 is 1.58 bits per heavy atom. The fourth-order valence-electron chi connectivity index (χ4n) is 1.75. The molecule has 0 spiro atoms. The number of nitrogens with zero attached hydrogens (tertiary/aromatic N) is 1. The van der Waals surface area contributed by atoms with Crippen molar-refractivity contribution in [3.63, 3.8) is 0 Å². The van der Waals surface area contributed by atoms with E-state index in [2.05, 4.69) is 21.6 Å². The van der Waals surface area contributed by atoms with Crippen LogP contribution in [0.4, 0.5) is 0 Å². The lowest BCUT2D eigenvalue weighted by Crippen LogP contribution is -2.28. The van der Waals surface area contributed by atoms with E-state index >= 15 is 0 Å². The Bertz CT molecular complexity index is 248. The average Bonchev–Trinajstić information content (AvgIpc) is 2.54.